The Labute approximate surface area is 148 Å². The van der Waals surface area contributed by atoms with E-state index in [2.05, 4.69) is 16.0 Å². The molecular formula is C19H24N4O2. The van der Waals surface area contributed by atoms with Crippen LogP contribution < -0.4 is 20.9 Å². The summed E-state index contributed by atoms with van der Waals surface area (Å²) in [5.41, 5.74) is 3.31. The van der Waals surface area contributed by atoms with Crippen molar-refractivity contribution in [3.05, 3.63) is 59.7 Å². The van der Waals surface area contributed by atoms with E-state index in [9.17, 15) is 9.59 Å². The van der Waals surface area contributed by atoms with Gasteiger partial charge in [0, 0.05) is 33.3 Å². The molecular weight excluding hydrogens is 316 g/mol. The molecule has 2 rings (SSSR count). The Kier molecular flexibility index (Phi) is 6.39. The molecule has 0 fully saturated rings. The molecule has 0 heterocycles. The van der Waals surface area contributed by atoms with Gasteiger partial charge in [-0.15, -0.1) is 0 Å². The van der Waals surface area contributed by atoms with Gasteiger partial charge in [-0.2, -0.15) is 0 Å². The lowest BCUT2D eigenvalue weighted by molar-refractivity contribution is 0.0963. The van der Waals surface area contributed by atoms with E-state index in [0.717, 1.165) is 16.9 Å². The number of rotatable bonds is 6. The number of para-hydroxylation sites is 2. The van der Waals surface area contributed by atoms with Gasteiger partial charge < -0.3 is 20.9 Å². The molecule has 3 N–H and O–H groups in total. The molecule has 2 aromatic rings. The highest BCUT2D eigenvalue weighted by atomic mass is 16.2. The Morgan fingerprint density at radius 3 is 2.52 bits per heavy atom. The van der Waals surface area contributed by atoms with Crippen LogP contribution in [0.3, 0.4) is 0 Å². The molecule has 0 saturated carbocycles. The predicted molar refractivity (Wildman–Crippen MR) is 101 cm³/mol. The number of benzene rings is 2. The molecule has 0 atom stereocenters. The van der Waals surface area contributed by atoms with Crippen LogP contribution in [0.15, 0.2) is 48.5 Å². The number of amides is 3. The fraction of sp³-hybridized carbons (Fsp3) is 0.263. The van der Waals surface area contributed by atoms with Gasteiger partial charge in [0.25, 0.3) is 5.91 Å². The first kappa shape index (κ1) is 18.3. The monoisotopic (exact) mass is 340 g/mol. The van der Waals surface area contributed by atoms with E-state index in [-0.39, 0.29) is 11.9 Å². The number of hydrogen-bond acceptors (Lipinski definition) is 3. The Balaban J connectivity index is 1.88. The topological polar surface area (TPSA) is 73.5 Å². The molecule has 25 heavy (non-hydrogen) atoms. The van der Waals surface area contributed by atoms with Crippen molar-refractivity contribution in [2.24, 2.45) is 0 Å². The lowest BCUT2D eigenvalue weighted by atomic mass is 10.1. The molecule has 0 saturated heterocycles. The van der Waals surface area contributed by atoms with Crippen LogP contribution in [0.25, 0.3) is 0 Å². The maximum Gasteiger partial charge on any atom is 0.319 e. The molecule has 2 aromatic carbocycles. The normalized spacial score (nSPS) is 10.0. The SMILES string of the molecule is CNC(=O)c1cccc(CCNC(=O)Nc2ccccc2N(C)C)c1. The van der Waals surface area contributed by atoms with E-state index in [0.29, 0.717) is 18.5 Å². The first-order valence-corrected chi connectivity index (χ1v) is 8.13. The van der Waals surface area contributed by atoms with Crippen molar-refractivity contribution in [2.45, 2.75) is 6.42 Å². The number of nitrogens with zero attached hydrogens (tertiary/aromatic N) is 1. The summed E-state index contributed by atoms with van der Waals surface area (Å²) in [4.78, 5) is 25.7. The van der Waals surface area contributed by atoms with Gasteiger partial charge in [-0.3, -0.25) is 4.79 Å². The molecule has 0 unspecified atom stereocenters. The Morgan fingerprint density at radius 2 is 1.80 bits per heavy atom. The molecule has 0 aromatic heterocycles. The average molecular weight is 340 g/mol. The van der Waals surface area contributed by atoms with Crippen molar-refractivity contribution in [3.63, 3.8) is 0 Å². The third kappa shape index (κ3) is 5.24. The summed E-state index contributed by atoms with van der Waals surface area (Å²) in [6, 6.07) is 14.7. The maximum atomic E-state index is 12.1. The van der Waals surface area contributed by atoms with Crippen LogP contribution in [0.4, 0.5) is 16.2 Å². The van der Waals surface area contributed by atoms with Crippen molar-refractivity contribution in [3.8, 4) is 0 Å². The molecule has 0 aliphatic rings. The van der Waals surface area contributed by atoms with E-state index in [1.807, 2.05) is 61.5 Å². The van der Waals surface area contributed by atoms with E-state index < -0.39 is 0 Å². The lowest BCUT2D eigenvalue weighted by Gasteiger charge is -2.18. The molecule has 0 aliphatic heterocycles. The smallest absolute Gasteiger partial charge is 0.319 e. The van der Waals surface area contributed by atoms with E-state index in [4.69, 9.17) is 0 Å². The number of nitrogens with one attached hydrogen (secondary N) is 3. The van der Waals surface area contributed by atoms with Gasteiger partial charge in [-0.05, 0) is 36.2 Å². The molecule has 0 radical (unpaired) electrons. The van der Waals surface area contributed by atoms with Gasteiger partial charge in [0.1, 0.15) is 0 Å². The molecule has 132 valence electrons. The fourth-order valence-corrected chi connectivity index (χ4v) is 2.47. The first-order chi connectivity index (χ1) is 12.0. The minimum Gasteiger partial charge on any atom is -0.376 e. The van der Waals surface area contributed by atoms with Crippen molar-refractivity contribution < 1.29 is 9.59 Å². The summed E-state index contributed by atoms with van der Waals surface area (Å²) in [6.45, 7) is 0.479. The van der Waals surface area contributed by atoms with Crippen molar-refractivity contribution in [2.75, 3.05) is 37.9 Å². The number of anilines is 2. The summed E-state index contributed by atoms with van der Waals surface area (Å²) >= 11 is 0. The van der Waals surface area contributed by atoms with Gasteiger partial charge >= 0.3 is 6.03 Å². The molecule has 0 spiro atoms. The summed E-state index contributed by atoms with van der Waals surface area (Å²) in [5.74, 6) is -0.118. The summed E-state index contributed by atoms with van der Waals surface area (Å²) in [5, 5.41) is 8.30. The predicted octanol–water partition coefficient (Wildman–Crippen LogP) is 2.48. The number of urea groups is 1. The first-order valence-electron chi connectivity index (χ1n) is 8.13. The van der Waals surface area contributed by atoms with Crippen LogP contribution in [0, 0.1) is 0 Å². The van der Waals surface area contributed by atoms with Crippen LogP contribution in [-0.2, 0) is 6.42 Å². The van der Waals surface area contributed by atoms with Gasteiger partial charge in [0.15, 0.2) is 0 Å². The zero-order chi connectivity index (χ0) is 18.2. The van der Waals surface area contributed by atoms with Crippen molar-refractivity contribution >= 4 is 23.3 Å². The molecule has 6 nitrogen and oxygen atoms in total. The largest absolute Gasteiger partial charge is 0.376 e. The second-order valence-corrected chi connectivity index (χ2v) is 5.82. The quantitative estimate of drug-likeness (QED) is 0.756. The number of carbonyl (C=O) groups is 2. The Bertz CT molecular complexity index is 744. The van der Waals surface area contributed by atoms with Crippen LogP contribution in [0.5, 0.6) is 0 Å². The Morgan fingerprint density at radius 1 is 1.04 bits per heavy atom. The Hall–Kier alpha value is -3.02. The van der Waals surface area contributed by atoms with Crippen LogP contribution in [0.2, 0.25) is 0 Å². The second kappa shape index (κ2) is 8.73. The molecule has 3 amide bonds. The van der Waals surface area contributed by atoms with Gasteiger partial charge in [-0.25, -0.2) is 4.79 Å². The van der Waals surface area contributed by atoms with Crippen LogP contribution in [0.1, 0.15) is 15.9 Å². The van der Waals surface area contributed by atoms with Crippen molar-refractivity contribution in [1.82, 2.24) is 10.6 Å². The maximum absolute atomic E-state index is 12.1. The average Bonchev–Trinajstić information content (AvgIpc) is 2.61. The third-order valence-electron chi connectivity index (χ3n) is 3.75. The summed E-state index contributed by atoms with van der Waals surface area (Å²) in [7, 11) is 5.46. The van der Waals surface area contributed by atoms with Gasteiger partial charge in [0.2, 0.25) is 0 Å². The zero-order valence-corrected chi connectivity index (χ0v) is 14.8. The lowest BCUT2D eigenvalue weighted by Crippen LogP contribution is -2.31. The minimum atomic E-state index is -0.253. The van der Waals surface area contributed by atoms with Gasteiger partial charge in [-0.1, -0.05) is 24.3 Å². The van der Waals surface area contributed by atoms with Crippen molar-refractivity contribution in [1.29, 1.82) is 0 Å². The highest BCUT2D eigenvalue weighted by Gasteiger charge is 2.08. The van der Waals surface area contributed by atoms with Crippen LogP contribution in [-0.4, -0.2) is 39.6 Å². The highest BCUT2D eigenvalue weighted by Crippen LogP contribution is 2.23. The molecule has 6 heteroatoms. The fourth-order valence-electron chi connectivity index (χ4n) is 2.47. The highest BCUT2D eigenvalue weighted by molar-refractivity contribution is 5.94. The van der Waals surface area contributed by atoms with Crippen LogP contribution >= 0.6 is 0 Å². The molecule has 0 bridgehead atoms. The molecule has 0 aliphatic carbocycles. The van der Waals surface area contributed by atoms with E-state index >= 15 is 0 Å². The minimum absolute atomic E-state index is 0.118. The van der Waals surface area contributed by atoms with E-state index in [1.54, 1.807) is 13.1 Å². The zero-order valence-electron chi connectivity index (χ0n) is 14.8. The summed E-state index contributed by atoms with van der Waals surface area (Å²) < 4.78 is 0. The summed E-state index contributed by atoms with van der Waals surface area (Å²) in [6.07, 6.45) is 0.646. The number of carbonyl (C=O) groups excluding carboxylic acids is 2. The van der Waals surface area contributed by atoms with E-state index in [1.165, 1.54) is 0 Å². The standard InChI is InChI=1S/C19H24N4O2/c1-20-18(24)15-8-6-7-14(13-15)11-12-21-19(25)22-16-9-4-5-10-17(16)23(2)3/h4-10,13H,11-12H2,1-3H3,(H,20,24)(H2,21,22,25). The van der Waals surface area contributed by atoms with Gasteiger partial charge in [0.05, 0.1) is 11.4 Å². The number of hydrogen-bond donors (Lipinski definition) is 3. The second-order valence-electron chi connectivity index (χ2n) is 5.82. The third-order valence-corrected chi connectivity index (χ3v) is 3.75.